The maximum atomic E-state index is 9.86. The highest BCUT2D eigenvalue weighted by molar-refractivity contribution is 7.18. The second-order valence-corrected chi connectivity index (χ2v) is 3.91. The Morgan fingerprint density at radius 3 is 3.07 bits per heavy atom. The fourth-order valence-electron chi connectivity index (χ4n) is 1.22. The van der Waals surface area contributed by atoms with E-state index in [-0.39, 0.29) is 0 Å². The number of aliphatic imine (C=N–C) groups is 1. The number of hydrogen-bond donors (Lipinski definition) is 0. The van der Waals surface area contributed by atoms with Crippen molar-refractivity contribution < 1.29 is 4.79 Å². The van der Waals surface area contributed by atoms with Crippen molar-refractivity contribution >= 4 is 27.6 Å². The molecule has 14 heavy (non-hydrogen) atoms. The molecule has 70 valence electrons. The van der Waals surface area contributed by atoms with Crippen LogP contribution in [-0.2, 0) is 11.2 Å². The minimum absolute atomic E-state index is 0.476. The standard InChI is InChI=1S/C10H8N2OS/c13-7-11-6-5-10-12-8-3-1-2-4-9(8)14-10/h1-4H,5-6H2. The Morgan fingerprint density at radius 1 is 1.43 bits per heavy atom. The Hall–Kier alpha value is -1.51. The summed E-state index contributed by atoms with van der Waals surface area (Å²) < 4.78 is 1.18. The number of rotatable bonds is 3. The number of para-hydroxylation sites is 1. The first-order valence-corrected chi connectivity index (χ1v) is 5.10. The molecule has 0 aliphatic carbocycles. The van der Waals surface area contributed by atoms with E-state index < -0.39 is 0 Å². The molecule has 0 spiro atoms. The Kier molecular flexibility index (Phi) is 2.68. The van der Waals surface area contributed by atoms with Crippen LogP contribution in [0, 0.1) is 0 Å². The van der Waals surface area contributed by atoms with E-state index in [9.17, 15) is 4.79 Å². The van der Waals surface area contributed by atoms with Crippen molar-refractivity contribution in [1.29, 1.82) is 0 Å². The molecule has 1 aromatic carbocycles. The Labute approximate surface area is 85.1 Å². The minimum atomic E-state index is 0.476. The van der Waals surface area contributed by atoms with Crippen LogP contribution in [0.25, 0.3) is 10.2 Å². The zero-order valence-electron chi connectivity index (χ0n) is 7.43. The highest BCUT2D eigenvalue weighted by atomic mass is 32.1. The van der Waals surface area contributed by atoms with Crippen LogP contribution in [0.1, 0.15) is 5.01 Å². The molecule has 0 fully saturated rings. The van der Waals surface area contributed by atoms with Gasteiger partial charge in [-0.2, -0.15) is 0 Å². The van der Waals surface area contributed by atoms with Crippen LogP contribution in [0.3, 0.4) is 0 Å². The molecule has 0 amide bonds. The molecule has 3 nitrogen and oxygen atoms in total. The molecule has 0 unspecified atom stereocenters. The number of hydrogen-bond acceptors (Lipinski definition) is 4. The van der Waals surface area contributed by atoms with Crippen LogP contribution in [-0.4, -0.2) is 17.6 Å². The van der Waals surface area contributed by atoms with E-state index in [0.29, 0.717) is 13.0 Å². The smallest absolute Gasteiger partial charge is 0.234 e. The van der Waals surface area contributed by atoms with Gasteiger partial charge in [0.15, 0.2) is 0 Å². The molecule has 2 rings (SSSR count). The van der Waals surface area contributed by atoms with Crippen molar-refractivity contribution in [2.45, 2.75) is 6.42 Å². The monoisotopic (exact) mass is 204 g/mol. The van der Waals surface area contributed by atoms with Crippen molar-refractivity contribution in [3.8, 4) is 0 Å². The lowest BCUT2D eigenvalue weighted by atomic mass is 10.3. The van der Waals surface area contributed by atoms with E-state index in [2.05, 4.69) is 9.98 Å². The minimum Gasteiger partial charge on any atom is -0.241 e. The number of nitrogens with zero attached hydrogens (tertiary/aromatic N) is 2. The van der Waals surface area contributed by atoms with Crippen molar-refractivity contribution in [2.75, 3.05) is 6.54 Å². The van der Waals surface area contributed by atoms with Crippen LogP contribution in [0.15, 0.2) is 29.3 Å². The van der Waals surface area contributed by atoms with Gasteiger partial charge >= 0.3 is 0 Å². The first kappa shape index (κ1) is 9.06. The molecule has 0 saturated carbocycles. The second-order valence-electron chi connectivity index (χ2n) is 2.80. The number of fused-ring (bicyclic) bond motifs is 1. The fraction of sp³-hybridized carbons (Fsp3) is 0.200. The van der Waals surface area contributed by atoms with Crippen molar-refractivity contribution in [3.05, 3.63) is 29.3 Å². The maximum absolute atomic E-state index is 9.86. The lowest BCUT2D eigenvalue weighted by Gasteiger charge is -1.85. The predicted octanol–water partition coefficient (Wildman–Crippen LogP) is 2.17. The van der Waals surface area contributed by atoms with E-state index >= 15 is 0 Å². The summed E-state index contributed by atoms with van der Waals surface area (Å²) in [5.41, 5.74) is 1.02. The van der Waals surface area contributed by atoms with E-state index in [1.54, 1.807) is 11.3 Å². The Bertz CT molecular complexity index is 453. The summed E-state index contributed by atoms with van der Waals surface area (Å²) in [6.45, 7) is 0.476. The first-order chi connectivity index (χ1) is 6.90. The van der Waals surface area contributed by atoms with Crippen molar-refractivity contribution in [1.82, 2.24) is 4.98 Å². The summed E-state index contributed by atoms with van der Waals surface area (Å²) in [4.78, 5) is 17.8. The van der Waals surface area contributed by atoms with Gasteiger partial charge in [-0.3, -0.25) is 0 Å². The van der Waals surface area contributed by atoms with Gasteiger partial charge in [-0.1, -0.05) is 12.1 Å². The van der Waals surface area contributed by atoms with E-state index in [0.717, 1.165) is 10.5 Å². The highest BCUT2D eigenvalue weighted by Gasteiger charge is 2.01. The largest absolute Gasteiger partial charge is 0.241 e. The third-order valence-corrected chi connectivity index (χ3v) is 2.94. The molecule has 1 heterocycles. The molecular formula is C10H8N2OS. The van der Waals surface area contributed by atoms with Crippen molar-refractivity contribution in [3.63, 3.8) is 0 Å². The van der Waals surface area contributed by atoms with E-state index in [1.807, 2.05) is 24.3 Å². The molecule has 0 atom stereocenters. The first-order valence-electron chi connectivity index (χ1n) is 4.28. The summed E-state index contributed by atoms with van der Waals surface area (Å²) in [5.74, 6) is 0. The molecule has 1 aromatic heterocycles. The van der Waals surface area contributed by atoms with Gasteiger partial charge in [0.1, 0.15) is 0 Å². The summed E-state index contributed by atoms with van der Waals surface area (Å²) >= 11 is 1.65. The third kappa shape index (κ3) is 1.87. The summed E-state index contributed by atoms with van der Waals surface area (Å²) in [6, 6.07) is 7.99. The number of aromatic nitrogens is 1. The molecule has 0 bridgehead atoms. The SMILES string of the molecule is O=C=NCCc1nc2ccccc2s1. The second kappa shape index (κ2) is 4.13. The van der Waals surface area contributed by atoms with E-state index in [1.165, 1.54) is 10.8 Å². The van der Waals surface area contributed by atoms with Gasteiger partial charge < -0.3 is 0 Å². The number of isocyanates is 1. The Balaban J connectivity index is 2.22. The topological polar surface area (TPSA) is 42.3 Å². The predicted molar refractivity (Wildman–Crippen MR) is 56.3 cm³/mol. The van der Waals surface area contributed by atoms with Crippen LogP contribution >= 0.6 is 11.3 Å². The van der Waals surface area contributed by atoms with Crippen LogP contribution in [0.2, 0.25) is 0 Å². The third-order valence-electron chi connectivity index (χ3n) is 1.84. The number of carbonyl (C=O) groups excluding carboxylic acids is 1. The van der Waals surface area contributed by atoms with Gasteiger partial charge in [0.05, 0.1) is 21.8 Å². The average Bonchev–Trinajstić information content (AvgIpc) is 2.60. The number of thiazole rings is 1. The van der Waals surface area contributed by atoms with Gasteiger partial charge in [0, 0.05) is 6.42 Å². The summed E-state index contributed by atoms with van der Waals surface area (Å²) in [5, 5.41) is 1.02. The van der Waals surface area contributed by atoms with Gasteiger partial charge in [-0.25, -0.2) is 14.8 Å². The molecule has 4 heteroatoms. The summed E-state index contributed by atoms with van der Waals surface area (Å²) in [7, 11) is 0. The van der Waals surface area contributed by atoms with Gasteiger partial charge in [-0.15, -0.1) is 11.3 Å². The zero-order valence-corrected chi connectivity index (χ0v) is 8.25. The van der Waals surface area contributed by atoms with Crippen LogP contribution < -0.4 is 0 Å². The normalized spacial score (nSPS) is 10.0. The molecular weight excluding hydrogens is 196 g/mol. The van der Waals surface area contributed by atoms with Crippen LogP contribution in [0.5, 0.6) is 0 Å². The molecule has 0 radical (unpaired) electrons. The van der Waals surface area contributed by atoms with Gasteiger partial charge in [0.2, 0.25) is 6.08 Å². The van der Waals surface area contributed by atoms with Crippen LogP contribution in [0.4, 0.5) is 0 Å². The fourth-order valence-corrected chi connectivity index (χ4v) is 2.18. The zero-order chi connectivity index (χ0) is 9.80. The lowest BCUT2D eigenvalue weighted by Crippen LogP contribution is -1.86. The maximum Gasteiger partial charge on any atom is 0.234 e. The molecule has 2 aromatic rings. The van der Waals surface area contributed by atoms with Gasteiger partial charge in [0.25, 0.3) is 0 Å². The summed E-state index contributed by atoms with van der Waals surface area (Å²) in [6.07, 6.45) is 2.24. The molecule has 0 N–H and O–H groups in total. The molecule has 0 aliphatic rings. The lowest BCUT2D eigenvalue weighted by molar-refractivity contribution is 0.563. The van der Waals surface area contributed by atoms with Gasteiger partial charge in [-0.05, 0) is 12.1 Å². The molecule has 0 aliphatic heterocycles. The number of benzene rings is 1. The van der Waals surface area contributed by atoms with Crippen molar-refractivity contribution in [2.24, 2.45) is 4.99 Å². The highest BCUT2D eigenvalue weighted by Crippen LogP contribution is 2.21. The Morgan fingerprint density at radius 2 is 2.29 bits per heavy atom. The van der Waals surface area contributed by atoms with E-state index in [4.69, 9.17) is 0 Å². The average molecular weight is 204 g/mol. The quantitative estimate of drug-likeness (QED) is 0.568. The molecule has 0 saturated heterocycles.